The lowest BCUT2D eigenvalue weighted by molar-refractivity contribution is -0.245. The molecule has 0 aliphatic heterocycles. The molecule has 0 fully saturated rings. The first-order valence-electron chi connectivity index (χ1n) is 5.23. The van der Waals surface area contributed by atoms with Gasteiger partial charge in [-0.25, -0.2) is 14.4 Å². The molecule has 22 heavy (non-hydrogen) atoms. The third kappa shape index (κ3) is 2.98. The molecule has 9 N–H and O–H groups in total. The van der Waals surface area contributed by atoms with Crippen molar-refractivity contribution in [1.82, 2.24) is 0 Å². The summed E-state index contributed by atoms with van der Waals surface area (Å²) in [6.07, 6.45) is -6.80. The predicted molar refractivity (Wildman–Crippen MR) is 62.7 cm³/mol. The molecule has 1 unspecified atom stereocenters. The van der Waals surface area contributed by atoms with Crippen LogP contribution in [0, 0.1) is 0 Å². The summed E-state index contributed by atoms with van der Waals surface area (Å²) in [5, 5.41) is 78.6. The van der Waals surface area contributed by atoms with Crippen LogP contribution in [0.2, 0.25) is 0 Å². The van der Waals surface area contributed by atoms with Crippen LogP contribution in [-0.4, -0.2) is 98.9 Å². The van der Waals surface area contributed by atoms with Crippen molar-refractivity contribution in [1.29, 1.82) is 0 Å². The highest BCUT2D eigenvalue weighted by Crippen LogP contribution is 2.33. The summed E-state index contributed by atoms with van der Waals surface area (Å²) < 4.78 is 0. The Morgan fingerprint density at radius 2 is 1.27 bits per heavy atom. The molecule has 5 atom stereocenters. The highest BCUT2D eigenvalue weighted by Gasteiger charge is 2.66. The van der Waals surface area contributed by atoms with Crippen LogP contribution in [0.4, 0.5) is 0 Å². The second-order valence-electron chi connectivity index (χ2n) is 4.30. The Bertz CT molecular complexity index is 477. The maximum Gasteiger partial charge on any atom is 0.354 e. The van der Waals surface area contributed by atoms with Gasteiger partial charge in [-0.15, -0.1) is 0 Å². The smallest absolute Gasteiger partial charge is 0.354 e. The summed E-state index contributed by atoms with van der Waals surface area (Å²) in [6.45, 7) is -1.83. The van der Waals surface area contributed by atoms with Crippen molar-refractivity contribution in [3.05, 3.63) is 0 Å². The Kier molecular flexibility index (Phi) is 5.85. The van der Waals surface area contributed by atoms with Crippen LogP contribution in [0.1, 0.15) is 0 Å². The van der Waals surface area contributed by atoms with Gasteiger partial charge in [0.1, 0.15) is 6.10 Å². The number of aliphatic hydroxyl groups excluding tert-OH is 3. The fourth-order valence-electron chi connectivity index (χ4n) is 1.43. The molecule has 0 amide bonds. The predicted octanol–water partition coefficient (Wildman–Crippen LogP) is -4.66. The molecule has 0 aliphatic rings. The quantitative estimate of drug-likeness (QED) is 0.188. The van der Waals surface area contributed by atoms with Gasteiger partial charge in [-0.2, -0.15) is 0 Å². The maximum atomic E-state index is 11.0. The van der Waals surface area contributed by atoms with E-state index in [-0.39, 0.29) is 0 Å². The highest BCUT2D eigenvalue weighted by atomic mass is 35.5. The topological polar surface area (TPSA) is 233 Å². The molecule has 0 heterocycles. The van der Waals surface area contributed by atoms with Crippen molar-refractivity contribution in [3.63, 3.8) is 0 Å². The number of rotatable bonds is 8. The molecule has 0 rings (SSSR count). The molecular weight excluding hydrogens is 336 g/mol. The number of aliphatic carboxylic acids is 3. The number of aliphatic hydroxyl groups is 6. The standard InChI is InChI=1S/C9H13ClO12/c10-9(22,6(18)19)3(13)8(21,5(16)17)2(12)7(20,1-11)4(14)15/h2-3,11-13,20-22H,1H2,(H,14,15)(H,16,17)(H,18,19)/t2-,3-,7-,8+,9?/m1/s1. The molecule has 0 bridgehead atoms. The van der Waals surface area contributed by atoms with Gasteiger partial charge in [0.2, 0.25) is 11.2 Å². The molecule has 0 radical (unpaired) electrons. The molecule has 0 saturated heterocycles. The van der Waals surface area contributed by atoms with E-state index in [1.807, 2.05) is 0 Å². The first kappa shape index (κ1) is 20.5. The monoisotopic (exact) mass is 348 g/mol. The van der Waals surface area contributed by atoms with E-state index >= 15 is 0 Å². The van der Waals surface area contributed by atoms with Gasteiger partial charge in [-0.3, -0.25) is 0 Å². The molecule has 12 nitrogen and oxygen atoms in total. The lowest BCUT2D eigenvalue weighted by Crippen LogP contribution is -2.73. The Hall–Kier alpha value is -1.54. The largest absolute Gasteiger partial charge is 0.479 e. The van der Waals surface area contributed by atoms with Crippen LogP contribution in [0.15, 0.2) is 0 Å². The second kappa shape index (κ2) is 6.29. The molecule has 0 aromatic rings. The van der Waals surface area contributed by atoms with Gasteiger partial charge in [-0.1, -0.05) is 11.6 Å². The van der Waals surface area contributed by atoms with Crippen LogP contribution < -0.4 is 0 Å². The molecule has 0 aromatic carbocycles. The van der Waals surface area contributed by atoms with Crippen LogP contribution in [-0.2, 0) is 14.4 Å². The highest BCUT2D eigenvalue weighted by molar-refractivity contribution is 6.33. The van der Waals surface area contributed by atoms with Gasteiger partial charge >= 0.3 is 17.9 Å². The maximum absolute atomic E-state index is 11.0. The normalized spacial score (nSPS) is 22.5. The Labute approximate surface area is 126 Å². The number of halogens is 1. The molecule has 128 valence electrons. The fourth-order valence-corrected chi connectivity index (χ4v) is 1.59. The summed E-state index contributed by atoms with van der Waals surface area (Å²) in [5.41, 5.74) is -7.90. The fraction of sp³-hybridized carbons (Fsp3) is 0.667. The number of hydrogen-bond donors (Lipinski definition) is 9. The number of carbonyl (C=O) groups is 3. The number of alkyl halides is 1. The zero-order valence-electron chi connectivity index (χ0n) is 10.5. The van der Waals surface area contributed by atoms with Crippen molar-refractivity contribution in [2.75, 3.05) is 6.61 Å². The van der Waals surface area contributed by atoms with Crippen molar-refractivity contribution in [3.8, 4) is 0 Å². The average molecular weight is 349 g/mol. The third-order valence-electron chi connectivity index (χ3n) is 2.90. The molecular formula is C9H13ClO12. The zero-order valence-corrected chi connectivity index (χ0v) is 11.2. The van der Waals surface area contributed by atoms with E-state index in [2.05, 4.69) is 0 Å². The Morgan fingerprint density at radius 3 is 1.50 bits per heavy atom. The summed E-state index contributed by atoms with van der Waals surface area (Å²) in [6, 6.07) is 0. The van der Waals surface area contributed by atoms with Crippen molar-refractivity contribution < 1.29 is 60.3 Å². The molecule has 0 spiro atoms. The summed E-state index contributed by atoms with van der Waals surface area (Å²) in [4.78, 5) is 32.5. The molecule has 0 saturated carbocycles. The third-order valence-corrected chi connectivity index (χ3v) is 3.27. The van der Waals surface area contributed by atoms with Gasteiger partial charge in [0, 0.05) is 0 Å². The molecule has 0 aromatic heterocycles. The van der Waals surface area contributed by atoms with E-state index in [1.54, 1.807) is 0 Å². The van der Waals surface area contributed by atoms with Crippen molar-refractivity contribution >= 4 is 29.5 Å². The van der Waals surface area contributed by atoms with Gasteiger partial charge in [0.15, 0.2) is 6.10 Å². The average Bonchev–Trinajstić information content (AvgIpc) is 2.42. The zero-order chi connectivity index (χ0) is 18.1. The van der Waals surface area contributed by atoms with Gasteiger partial charge in [0.05, 0.1) is 6.61 Å². The summed E-state index contributed by atoms with van der Waals surface area (Å²) >= 11 is 4.95. The van der Waals surface area contributed by atoms with Crippen molar-refractivity contribution in [2.24, 2.45) is 0 Å². The van der Waals surface area contributed by atoms with E-state index < -0.39 is 53.0 Å². The first-order chi connectivity index (χ1) is 9.70. The van der Waals surface area contributed by atoms with E-state index in [1.165, 1.54) is 0 Å². The Balaban J connectivity index is 6.17. The number of carboxylic acid groups (broad SMARTS) is 3. The number of carboxylic acids is 3. The first-order valence-corrected chi connectivity index (χ1v) is 5.61. The molecule has 13 heteroatoms. The van der Waals surface area contributed by atoms with E-state index in [0.717, 1.165) is 0 Å². The van der Waals surface area contributed by atoms with E-state index in [4.69, 9.17) is 32.0 Å². The van der Waals surface area contributed by atoms with Gasteiger partial charge < -0.3 is 46.0 Å². The number of hydrogen-bond acceptors (Lipinski definition) is 9. The minimum Gasteiger partial charge on any atom is -0.479 e. The minimum atomic E-state index is -4.18. The lowest BCUT2D eigenvalue weighted by atomic mass is 9.78. The van der Waals surface area contributed by atoms with Crippen molar-refractivity contribution in [2.45, 2.75) is 28.5 Å². The summed E-state index contributed by atoms with van der Waals surface area (Å²) in [7, 11) is 0. The van der Waals surface area contributed by atoms with Crippen LogP contribution in [0.25, 0.3) is 0 Å². The van der Waals surface area contributed by atoms with E-state index in [0.29, 0.717) is 0 Å². The van der Waals surface area contributed by atoms with Gasteiger partial charge in [0.25, 0.3) is 5.06 Å². The second-order valence-corrected chi connectivity index (χ2v) is 4.88. The van der Waals surface area contributed by atoms with Crippen LogP contribution in [0.3, 0.4) is 0 Å². The van der Waals surface area contributed by atoms with Crippen LogP contribution in [0.5, 0.6) is 0 Å². The van der Waals surface area contributed by atoms with E-state index in [9.17, 15) is 39.9 Å². The molecule has 0 aliphatic carbocycles. The SMILES string of the molecule is O=C(O)C(O)(Cl)[C@H](O)[C@](O)(C(=O)O)[C@H](O)[C@](O)(CO)C(=O)O. The summed E-state index contributed by atoms with van der Waals surface area (Å²) in [5.74, 6) is -7.50. The lowest BCUT2D eigenvalue weighted by Gasteiger charge is -2.41. The minimum absolute atomic E-state index is 1.83. The van der Waals surface area contributed by atoms with Crippen LogP contribution >= 0.6 is 11.6 Å². The Morgan fingerprint density at radius 1 is 0.864 bits per heavy atom. The van der Waals surface area contributed by atoms with Gasteiger partial charge in [-0.05, 0) is 0 Å².